The molecular weight excluding hydrogens is 124 g/mol. The summed E-state index contributed by atoms with van der Waals surface area (Å²) >= 11 is 0. The molecule has 1 rings (SSSR count). The minimum atomic E-state index is 0.663. The lowest BCUT2D eigenvalue weighted by molar-refractivity contribution is 0.288. The van der Waals surface area contributed by atoms with Crippen LogP contribution in [0.2, 0.25) is 0 Å². The maximum atomic E-state index is 5.18. The Kier molecular flexibility index (Phi) is 2.73. The highest BCUT2D eigenvalue weighted by Gasteiger charge is 2.17. The van der Waals surface area contributed by atoms with Gasteiger partial charge in [0.05, 0.1) is 6.54 Å². The smallest absolute Gasteiger partial charge is 0.0599 e. The Morgan fingerprint density at radius 2 is 2.60 bits per heavy atom. The Bertz CT molecular complexity index is 131. The zero-order chi connectivity index (χ0) is 7.40. The molecule has 1 unspecified atom stereocenters. The molecule has 1 fully saturated rings. The molecule has 1 aliphatic rings. The summed E-state index contributed by atoms with van der Waals surface area (Å²) in [6, 6.07) is 0.663. The first kappa shape index (κ1) is 7.59. The van der Waals surface area contributed by atoms with E-state index in [0.29, 0.717) is 6.04 Å². The third-order valence-corrected chi connectivity index (χ3v) is 2.00. The molecule has 0 amide bonds. The summed E-state index contributed by atoms with van der Waals surface area (Å²) < 4.78 is 0. The van der Waals surface area contributed by atoms with E-state index >= 15 is 0 Å². The molecule has 2 nitrogen and oxygen atoms in total. The number of rotatable bonds is 2. The van der Waals surface area contributed by atoms with Crippen LogP contribution in [-0.2, 0) is 0 Å². The van der Waals surface area contributed by atoms with E-state index < -0.39 is 0 Å². The maximum absolute atomic E-state index is 5.18. The van der Waals surface area contributed by atoms with Crippen LogP contribution in [0.25, 0.3) is 0 Å². The molecule has 0 aromatic heterocycles. The minimum Gasteiger partial charge on any atom is -0.315 e. The summed E-state index contributed by atoms with van der Waals surface area (Å²) in [4.78, 5) is 2.22. The van der Waals surface area contributed by atoms with Crippen molar-refractivity contribution in [2.75, 3.05) is 26.7 Å². The average molecular weight is 138 g/mol. The fraction of sp³-hybridized carbons (Fsp3) is 0.750. The quantitative estimate of drug-likeness (QED) is 0.537. The van der Waals surface area contributed by atoms with E-state index in [1.165, 1.54) is 6.42 Å². The minimum absolute atomic E-state index is 0.663. The van der Waals surface area contributed by atoms with Crippen molar-refractivity contribution < 1.29 is 0 Å². The van der Waals surface area contributed by atoms with Gasteiger partial charge in [-0.15, -0.1) is 6.42 Å². The van der Waals surface area contributed by atoms with E-state index in [4.69, 9.17) is 6.42 Å². The number of hydrogen-bond donors (Lipinski definition) is 1. The largest absolute Gasteiger partial charge is 0.315 e. The molecule has 2 heteroatoms. The fourth-order valence-electron chi connectivity index (χ4n) is 1.29. The molecule has 10 heavy (non-hydrogen) atoms. The van der Waals surface area contributed by atoms with Crippen molar-refractivity contribution in [1.82, 2.24) is 10.2 Å². The second-order valence-electron chi connectivity index (χ2n) is 2.77. The van der Waals surface area contributed by atoms with Gasteiger partial charge in [-0.05, 0) is 20.0 Å². The number of hydrogen-bond acceptors (Lipinski definition) is 2. The Labute approximate surface area is 62.6 Å². The molecule has 1 saturated heterocycles. The molecule has 56 valence electrons. The normalized spacial score (nSPS) is 25.1. The third-order valence-electron chi connectivity index (χ3n) is 2.00. The van der Waals surface area contributed by atoms with E-state index in [1.807, 2.05) is 0 Å². The van der Waals surface area contributed by atoms with Gasteiger partial charge in [0.25, 0.3) is 0 Å². The lowest BCUT2D eigenvalue weighted by atomic mass is 10.2. The second kappa shape index (κ2) is 3.60. The molecule has 1 aliphatic heterocycles. The zero-order valence-corrected chi connectivity index (χ0v) is 6.43. The van der Waals surface area contributed by atoms with Crippen LogP contribution in [0.3, 0.4) is 0 Å². The van der Waals surface area contributed by atoms with Crippen LogP contribution in [0.4, 0.5) is 0 Å². The van der Waals surface area contributed by atoms with E-state index in [9.17, 15) is 0 Å². The van der Waals surface area contributed by atoms with Gasteiger partial charge in [0.2, 0.25) is 0 Å². The van der Waals surface area contributed by atoms with Crippen LogP contribution >= 0.6 is 0 Å². The first-order valence-electron chi connectivity index (χ1n) is 3.69. The first-order valence-corrected chi connectivity index (χ1v) is 3.69. The van der Waals surface area contributed by atoms with Crippen molar-refractivity contribution in [3.8, 4) is 12.3 Å². The van der Waals surface area contributed by atoms with Crippen LogP contribution in [-0.4, -0.2) is 37.6 Å². The monoisotopic (exact) mass is 138 g/mol. The van der Waals surface area contributed by atoms with Crippen LogP contribution < -0.4 is 5.32 Å². The van der Waals surface area contributed by atoms with Crippen LogP contribution in [0, 0.1) is 12.3 Å². The van der Waals surface area contributed by atoms with Gasteiger partial charge >= 0.3 is 0 Å². The van der Waals surface area contributed by atoms with E-state index in [0.717, 1.165) is 19.6 Å². The molecular formula is C8H14N2. The summed E-state index contributed by atoms with van der Waals surface area (Å²) in [7, 11) is 2.08. The van der Waals surface area contributed by atoms with E-state index in [2.05, 4.69) is 23.2 Å². The first-order chi connectivity index (χ1) is 4.84. The van der Waals surface area contributed by atoms with Crippen molar-refractivity contribution in [2.24, 2.45) is 0 Å². The van der Waals surface area contributed by atoms with Crippen LogP contribution in [0.15, 0.2) is 0 Å². The van der Waals surface area contributed by atoms with Crippen LogP contribution in [0.5, 0.6) is 0 Å². The van der Waals surface area contributed by atoms with Gasteiger partial charge in [-0.3, -0.25) is 4.90 Å². The third kappa shape index (κ3) is 1.73. The molecule has 0 saturated carbocycles. The standard InChI is InChI=1S/C8H14N2/c1-3-6-10(2)8-4-5-9-7-8/h1,8-9H,4-7H2,2H3. The van der Waals surface area contributed by atoms with Gasteiger partial charge in [-0.1, -0.05) is 5.92 Å². The zero-order valence-electron chi connectivity index (χ0n) is 6.43. The Morgan fingerprint density at radius 1 is 1.80 bits per heavy atom. The van der Waals surface area contributed by atoms with Crippen molar-refractivity contribution >= 4 is 0 Å². The highest BCUT2D eigenvalue weighted by atomic mass is 15.2. The molecule has 0 aliphatic carbocycles. The van der Waals surface area contributed by atoms with E-state index in [1.54, 1.807) is 0 Å². The van der Waals surface area contributed by atoms with Crippen LogP contribution in [0.1, 0.15) is 6.42 Å². The summed E-state index contributed by atoms with van der Waals surface area (Å²) in [5.41, 5.74) is 0. The predicted octanol–water partition coefficient (Wildman–Crippen LogP) is -0.0867. The molecule has 1 atom stereocenters. The molecule has 0 aromatic rings. The summed E-state index contributed by atoms with van der Waals surface area (Å²) in [6.45, 7) is 3.00. The molecule has 0 radical (unpaired) electrons. The molecule has 0 spiro atoms. The van der Waals surface area contributed by atoms with Crippen molar-refractivity contribution in [3.05, 3.63) is 0 Å². The SMILES string of the molecule is C#CCN(C)C1CCNC1. The number of nitrogens with one attached hydrogen (secondary N) is 1. The lowest BCUT2D eigenvalue weighted by Crippen LogP contribution is -2.33. The number of likely N-dealkylation sites (N-methyl/N-ethyl adjacent to an activating group) is 1. The summed E-state index contributed by atoms with van der Waals surface area (Å²) in [5.74, 6) is 2.64. The summed E-state index contributed by atoms with van der Waals surface area (Å²) in [5, 5.41) is 3.30. The van der Waals surface area contributed by atoms with Crippen molar-refractivity contribution in [3.63, 3.8) is 0 Å². The number of nitrogens with zero attached hydrogens (tertiary/aromatic N) is 1. The van der Waals surface area contributed by atoms with Gasteiger partial charge in [0.15, 0.2) is 0 Å². The number of terminal acetylenes is 1. The van der Waals surface area contributed by atoms with Crippen molar-refractivity contribution in [2.45, 2.75) is 12.5 Å². The van der Waals surface area contributed by atoms with Gasteiger partial charge in [-0.2, -0.15) is 0 Å². The Morgan fingerprint density at radius 3 is 3.10 bits per heavy atom. The fourth-order valence-corrected chi connectivity index (χ4v) is 1.29. The van der Waals surface area contributed by atoms with E-state index in [-0.39, 0.29) is 0 Å². The second-order valence-corrected chi connectivity index (χ2v) is 2.77. The molecule has 0 aromatic carbocycles. The van der Waals surface area contributed by atoms with Crippen molar-refractivity contribution in [1.29, 1.82) is 0 Å². The van der Waals surface area contributed by atoms with Gasteiger partial charge in [0, 0.05) is 12.6 Å². The topological polar surface area (TPSA) is 15.3 Å². The molecule has 0 bridgehead atoms. The van der Waals surface area contributed by atoms with Gasteiger partial charge in [0.1, 0.15) is 0 Å². The van der Waals surface area contributed by atoms with Gasteiger partial charge in [-0.25, -0.2) is 0 Å². The molecule has 1 N–H and O–H groups in total. The predicted molar refractivity (Wildman–Crippen MR) is 42.7 cm³/mol. The highest BCUT2D eigenvalue weighted by Crippen LogP contribution is 2.04. The Hall–Kier alpha value is -0.520. The summed E-state index contributed by atoms with van der Waals surface area (Å²) in [6.07, 6.45) is 6.42. The average Bonchev–Trinajstić information content (AvgIpc) is 2.38. The Balaban J connectivity index is 2.26. The highest BCUT2D eigenvalue weighted by molar-refractivity contribution is 4.90. The van der Waals surface area contributed by atoms with Gasteiger partial charge < -0.3 is 5.32 Å². The maximum Gasteiger partial charge on any atom is 0.0599 e. The lowest BCUT2D eigenvalue weighted by Gasteiger charge is -2.20. The molecule has 1 heterocycles.